The second kappa shape index (κ2) is 8.19. The van der Waals surface area contributed by atoms with Crippen LogP contribution in [-0.4, -0.2) is 42.3 Å². The van der Waals surface area contributed by atoms with E-state index < -0.39 is 47.4 Å². The number of carboxylic acids is 1. The van der Waals surface area contributed by atoms with E-state index in [1.165, 1.54) is 33.1 Å². The number of halogens is 3. The van der Waals surface area contributed by atoms with Gasteiger partial charge in [0.25, 0.3) is 5.91 Å². The maximum absolute atomic E-state index is 13.0. The summed E-state index contributed by atoms with van der Waals surface area (Å²) in [4.78, 5) is 23.1. The fourth-order valence-corrected chi connectivity index (χ4v) is 2.23. The summed E-state index contributed by atoms with van der Waals surface area (Å²) in [5.74, 6) is -2.39. The van der Waals surface area contributed by atoms with Crippen LogP contribution in [0.2, 0.25) is 0 Å². The van der Waals surface area contributed by atoms with E-state index >= 15 is 0 Å². The fraction of sp³-hybridized carbons (Fsp3) is 0.500. The molecule has 0 fully saturated rings. The summed E-state index contributed by atoms with van der Waals surface area (Å²) in [6.07, 6.45) is -6.31. The zero-order chi connectivity index (χ0) is 19.3. The second-order valence-corrected chi connectivity index (χ2v) is 5.81. The Kier molecular flexibility index (Phi) is 6.80. The van der Waals surface area contributed by atoms with Crippen molar-refractivity contribution in [2.75, 3.05) is 13.7 Å². The third-order valence-corrected chi connectivity index (χ3v) is 3.29. The molecule has 0 saturated carbocycles. The molecule has 2 N–H and O–H groups in total. The Balaban J connectivity index is 2.89. The molecule has 1 aromatic carbocycles. The zero-order valence-electron chi connectivity index (χ0n) is 14.0. The van der Waals surface area contributed by atoms with Gasteiger partial charge in [0.05, 0.1) is 24.1 Å². The average Bonchev–Trinajstić information content (AvgIpc) is 2.45. The van der Waals surface area contributed by atoms with Crippen molar-refractivity contribution in [1.29, 1.82) is 0 Å². The molecular weight excluding hydrogens is 343 g/mol. The van der Waals surface area contributed by atoms with Crippen molar-refractivity contribution in [2.45, 2.75) is 38.1 Å². The Bertz CT molecular complexity index is 620. The molecule has 0 bridgehead atoms. The van der Waals surface area contributed by atoms with E-state index in [2.05, 4.69) is 5.32 Å². The van der Waals surface area contributed by atoms with Crippen LogP contribution in [0.4, 0.5) is 13.2 Å². The number of carbonyl (C=O) groups excluding carboxylic acids is 1. The summed E-state index contributed by atoms with van der Waals surface area (Å²) in [5, 5.41) is 11.4. The van der Waals surface area contributed by atoms with Crippen LogP contribution in [0.25, 0.3) is 0 Å². The highest BCUT2D eigenvalue weighted by atomic mass is 19.4. The molecule has 1 amide bonds. The van der Waals surface area contributed by atoms with Crippen LogP contribution in [0, 0.1) is 0 Å². The standard InChI is InChI=1S/C16H20F3NO5/c1-10(14(23)20-15(2,9-24-3)8-13(21)22)25-12-7-5-4-6-11(12)16(17,18)19/h4-7,10H,8-9H2,1-3H3,(H,20,23)(H,21,22). The van der Waals surface area contributed by atoms with Gasteiger partial charge in [-0.25, -0.2) is 0 Å². The minimum absolute atomic E-state index is 0.0864. The number of carboxylic acid groups (broad SMARTS) is 1. The molecule has 0 aromatic heterocycles. The molecule has 6 nitrogen and oxygen atoms in total. The normalized spacial score (nSPS) is 15.1. The van der Waals surface area contributed by atoms with Gasteiger partial charge in [-0.2, -0.15) is 13.2 Å². The molecular formula is C16H20F3NO5. The topological polar surface area (TPSA) is 84.9 Å². The monoisotopic (exact) mass is 363 g/mol. The summed E-state index contributed by atoms with van der Waals surface area (Å²) in [7, 11) is 1.34. The van der Waals surface area contributed by atoms with Gasteiger partial charge >= 0.3 is 12.1 Å². The van der Waals surface area contributed by atoms with Crippen molar-refractivity contribution >= 4 is 11.9 Å². The predicted molar refractivity (Wildman–Crippen MR) is 82.2 cm³/mol. The van der Waals surface area contributed by atoms with Crippen molar-refractivity contribution in [3.05, 3.63) is 29.8 Å². The smallest absolute Gasteiger partial charge is 0.419 e. The zero-order valence-corrected chi connectivity index (χ0v) is 14.0. The van der Waals surface area contributed by atoms with E-state index in [1.54, 1.807) is 0 Å². The minimum Gasteiger partial charge on any atom is -0.481 e. The van der Waals surface area contributed by atoms with E-state index in [-0.39, 0.29) is 6.61 Å². The maximum atomic E-state index is 13.0. The summed E-state index contributed by atoms with van der Waals surface area (Å²) < 4.78 is 48.9. The summed E-state index contributed by atoms with van der Waals surface area (Å²) in [6, 6.07) is 4.52. The number of carbonyl (C=O) groups is 2. The van der Waals surface area contributed by atoms with Gasteiger partial charge in [-0.05, 0) is 26.0 Å². The maximum Gasteiger partial charge on any atom is 0.419 e. The Morgan fingerprint density at radius 1 is 1.28 bits per heavy atom. The number of nitrogens with one attached hydrogen (secondary N) is 1. The molecule has 1 aromatic rings. The van der Waals surface area contributed by atoms with Crippen LogP contribution in [-0.2, 0) is 20.5 Å². The number of alkyl halides is 3. The first-order valence-corrected chi connectivity index (χ1v) is 7.34. The predicted octanol–water partition coefficient (Wildman–Crippen LogP) is 2.47. The van der Waals surface area contributed by atoms with Gasteiger partial charge in [-0.3, -0.25) is 9.59 Å². The first-order chi connectivity index (χ1) is 11.5. The molecule has 0 aliphatic heterocycles. The van der Waals surface area contributed by atoms with Crippen molar-refractivity contribution in [3.63, 3.8) is 0 Å². The third kappa shape index (κ3) is 6.26. The first-order valence-electron chi connectivity index (χ1n) is 7.34. The van der Waals surface area contributed by atoms with Gasteiger partial charge in [0, 0.05) is 7.11 Å². The van der Waals surface area contributed by atoms with Crippen molar-refractivity contribution in [1.82, 2.24) is 5.32 Å². The largest absolute Gasteiger partial charge is 0.481 e. The van der Waals surface area contributed by atoms with E-state index in [0.717, 1.165) is 12.1 Å². The molecule has 1 rings (SSSR count). The summed E-state index contributed by atoms with van der Waals surface area (Å²) in [5.41, 5.74) is -2.22. The number of para-hydroxylation sites is 1. The Morgan fingerprint density at radius 2 is 1.88 bits per heavy atom. The molecule has 25 heavy (non-hydrogen) atoms. The number of ether oxygens (including phenoxy) is 2. The summed E-state index contributed by atoms with van der Waals surface area (Å²) >= 11 is 0. The molecule has 0 aliphatic rings. The molecule has 0 saturated heterocycles. The third-order valence-electron chi connectivity index (χ3n) is 3.29. The highest BCUT2D eigenvalue weighted by Gasteiger charge is 2.36. The van der Waals surface area contributed by atoms with Gasteiger partial charge in [-0.1, -0.05) is 12.1 Å². The SMILES string of the molecule is COCC(C)(CC(=O)O)NC(=O)C(C)Oc1ccccc1C(F)(F)F. The molecule has 9 heteroatoms. The van der Waals surface area contributed by atoms with Crippen LogP contribution in [0.1, 0.15) is 25.8 Å². The molecule has 0 spiro atoms. The van der Waals surface area contributed by atoms with Crippen LogP contribution >= 0.6 is 0 Å². The molecule has 0 radical (unpaired) electrons. The second-order valence-electron chi connectivity index (χ2n) is 5.81. The highest BCUT2D eigenvalue weighted by molar-refractivity contribution is 5.82. The van der Waals surface area contributed by atoms with E-state index in [0.29, 0.717) is 0 Å². The van der Waals surface area contributed by atoms with E-state index in [1.807, 2.05) is 0 Å². The Labute approximate surface area is 142 Å². The highest BCUT2D eigenvalue weighted by Crippen LogP contribution is 2.36. The van der Waals surface area contributed by atoms with Crippen LogP contribution in [0.15, 0.2) is 24.3 Å². The van der Waals surface area contributed by atoms with Crippen LogP contribution in [0.5, 0.6) is 5.75 Å². The number of amides is 1. The van der Waals surface area contributed by atoms with Crippen LogP contribution < -0.4 is 10.1 Å². The lowest BCUT2D eigenvalue weighted by Gasteiger charge is -2.30. The molecule has 140 valence electrons. The fourth-order valence-electron chi connectivity index (χ4n) is 2.23. The number of methoxy groups -OCH3 is 1. The van der Waals surface area contributed by atoms with Crippen molar-refractivity contribution in [3.8, 4) is 5.75 Å². The lowest BCUT2D eigenvalue weighted by Crippen LogP contribution is -2.54. The Morgan fingerprint density at radius 3 is 2.40 bits per heavy atom. The molecule has 0 aliphatic carbocycles. The van der Waals surface area contributed by atoms with Gasteiger partial charge in [-0.15, -0.1) is 0 Å². The average molecular weight is 363 g/mol. The molecule has 0 heterocycles. The van der Waals surface area contributed by atoms with Gasteiger partial charge in [0.1, 0.15) is 5.75 Å². The number of hydrogen-bond donors (Lipinski definition) is 2. The van der Waals surface area contributed by atoms with Crippen molar-refractivity contribution in [2.24, 2.45) is 0 Å². The summed E-state index contributed by atoms with van der Waals surface area (Å²) in [6.45, 7) is 2.65. The van der Waals surface area contributed by atoms with Crippen molar-refractivity contribution < 1.29 is 37.3 Å². The molecule has 2 unspecified atom stereocenters. The number of rotatable bonds is 8. The first kappa shape index (κ1) is 20.8. The minimum atomic E-state index is -4.62. The van der Waals surface area contributed by atoms with E-state index in [9.17, 15) is 22.8 Å². The van der Waals surface area contributed by atoms with Crippen LogP contribution in [0.3, 0.4) is 0 Å². The van der Waals surface area contributed by atoms with Gasteiger partial charge in [0.15, 0.2) is 6.10 Å². The molecule has 2 atom stereocenters. The lowest BCUT2D eigenvalue weighted by atomic mass is 9.98. The van der Waals surface area contributed by atoms with Gasteiger partial charge in [0.2, 0.25) is 0 Å². The van der Waals surface area contributed by atoms with Gasteiger partial charge < -0.3 is 19.9 Å². The quantitative estimate of drug-likeness (QED) is 0.741. The Hall–Kier alpha value is -2.29. The number of hydrogen-bond acceptors (Lipinski definition) is 4. The number of benzene rings is 1. The number of aliphatic carboxylic acids is 1. The van der Waals surface area contributed by atoms with E-state index in [4.69, 9.17) is 14.6 Å². The lowest BCUT2D eigenvalue weighted by molar-refractivity contribution is -0.143.